The number of amides is 1. The lowest BCUT2D eigenvalue weighted by atomic mass is 9.98. The van der Waals surface area contributed by atoms with Crippen LogP contribution in [0.4, 0.5) is 0 Å². The van der Waals surface area contributed by atoms with E-state index in [1.165, 1.54) is 24.3 Å². The number of nitrogens with one attached hydrogen (secondary N) is 1. The van der Waals surface area contributed by atoms with Crippen molar-refractivity contribution >= 4 is 29.3 Å². The lowest BCUT2D eigenvalue weighted by Crippen LogP contribution is -2.27. The van der Waals surface area contributed by atoms with Crippen molar-refractivity contribution in [2.24, 2.45) is 5.92 Å². The van der Waals surface area contributed by atoms with E-state index in [9.17, 15) is 4.79 Å². The number of hydrogen-bond donors (Lipinski definition) is 1. The van der Waals surface area contributed by atoms with Gasteiger partial charge in [0.25, 0.3) is 0 Å². The fourth-order valence-electron chi connectivity index (χ4n) is 1.48. The summed E-state index contributed by atoms with van der Waals surface area (Å²) >= 11 is 7.53. The molecule has 1 heterocycles. The van der Waals surface area contributed by atoms with Gasteiger partial charge in [0.2, 0.25) is 5.91 Å². The van der Waals surface area contributed by atoms with Crippen LogP contribution in [0.5, 0.6) is 0 Å². The van der Waals surface area contributed by atoms with Crippen LogP contribution in [0.2, 0.25) is 0 Å². The average Bonchev–Trinajstić information content (AvgIpc) is 2.16. The van der Waals surface area contributed by atoms with Crippen LogP contribution in [0.3, 0.4) is 0 Å². The normalized spacial score (nSPS) is 17.8. The number of thioether (sulfide) groups is 1. The van der Waals surface area contributed by atoms with E-state index in [1.807, 2.05) is 11.8 Å². The van der Waals surface area contributed by atoms with Crippen LogP contribution in [-0.4, -0.2) is 24.0 Å². The number of rotatable bonds is 4. The molecule has 1 N–H and O–H groups in total. The molecule has 1 fully saturated rings. The standard InChI is InChI=1S/C10H16ClNOS/c1-8(11)7-12-10(13)6-9-2-4-14-5-3-9/h9H,1-7H2,(H,12,13). The first-order valence-electron chi connectivity index (χ1n) is 4.86. The Morgan fingerprint density at radius 3 is 2.71 bits per heavy atom. The van der Waals surface area contributed by atoms with Crippen LogP contribution in [0.25, 0.3) is 0 Å². The minimum absolute atomic E-state index is 0.101. The van der Waals surface area contributed by atoms with E-state index in [0.717, 1.165) is 0 Å². The second kappa shape index (κ2) is 6.36. The second-order valence-electron chi connectivity index (χ2n) is 3.55. The van der Waals surface area contributed by atoms with Crippen molar-refractivity contribution in [3.05, 3.63) is 11.6 Å². The Morgan fingerprint density at radius 1 is 1.50 bits per heavy atom. The molecule has 1 aliphatic heterocycles. The third-order valence-corrected chi connectivity index (χ3v) is 3.47. The minimum Gasteiger partial charge on any atom is -0.351 e. The molecule has 0 unspecified atom stereocenters. The first-order valence-corrected chi connectivity index (χ1v) is 6.39. The molecule has 1 aliphatic rings. The molecule has 1 amide bonds. The molecule has 1 rings (SSSR count). The van der Waals surface area contributed by atoms with Crippen molar-refractivity contribution in [2.75, 3.05) is 18.1 Å². The zero-order chi connectivity index (χ0) is 10.4. The third kappa shape index (κ3) is 4.91. The molecule has 0 radical (unpaired) electrons. The van der Waals surface area contributed by atoms with Gasteiger partial charge in [-0.1, -0.05) is 18.2 Å². The van der Waals surface area contributed by atoms with Gasteiger partial charge in [0.1, 0.15) is 0 Å². The SMILES string of the molecule is C=C(Cl)CNC(=O)CC1CCSCC1. The third-order valence-electron chi connectivity index (χ3n) is 2.29. The van der Waals surface area contributed by atoms with E-state index >= 15 is 0 Å². The Hall–Kier alpha value is -0.150. The molecule has 80 valence electrons. The van der Waals surface area contributed by atoms with Gasteiger partial charge in [-0.05, 0) is 30.3 Å². The van der Waals surface area contributed by atoms with E-state index in [2.05, 4.69) is 11.9 Å². The second-order valence-corrected chi connectivity index (χ2v) is 5.31. The summed E-state index contributed by atoms with van der Waals surface area (Å²) in [5.41, 5.74) is 0. The molecule has 4 heteroatoms. The molecular formula is C10H16ClNOS. The van der Waals surface area contributed by atoms with Gasteiger partial charge in [-0.15, -0.1) is 0 Å². The predicted molar refractivity (Wildman–Crippen MR) is 62.7 cm³/mol. The van der Waals surface area contributed by atoms with Crippen molar-refractivity contribution < 1.29 is 4.79 Å². The molecule has 0 aromatic carbocycles. The van der Waals surface area contributed by atoms with E-state index < -0.39 is 0 Å². The summed E-state index contributed by atoms with van der Waals surface area (Å²) in [6, 6.07) is 0. The van der Waals surface area contributed by atoms with E-state index in [0.29, 0.717) is 23.9 Å². The van der Waals surface area contributed by atoms with E-state index in [4.69, 9.17) is 11.6 Å². The summed E-state index contributed by atoms with van der Waals surface area (Å²) < 4.78 is 0. The summed E-state index contributed by atoms with van der Waals surface area (Å²) in [7, 11) is 0. The first kappa shape index (κ1) is 11.9. The number of hydrogen-bond acceptors (Lipinski definition) is 2. The van der Waals surface area contributed by atoms with Gasteiger partial charge >= 0.3 is 0 Å². The Balaban J connectivity index is 2.15. The summed E-state index contributed by atoms with van der Waals surface area (Å²) in [5, 5.41) is 3.24. The molecule has 0 atom stereocenters. The van der Waals surface area contributed by atoms with Crippen LogP contribution in [0.1, 0.15) is 19.3 Å². The minimum atomic E-state index is 0.101. The van der Waals surface area contributed by atoms with Gasteiger partial charge in [0.05, 0.1) is 6.54 Å². The highest BCUT2D eigenvalue weighted by atomic mass is 35.5. The van der Waals surface area contributed by atoms with Crippen molar-refractivity contribution in [3.8, 4) is 0 Å². The molecule has 0 aromatic heterocycles. The van der Waals surface area contributed by atoms with E-state index in [-0.39, 0.29) is 5.91 Å². The molecule has 0 aromatic rings. The molecule has 0 saturated carbocycles. The smallest absolute Gasteiger partial charge is 0.220 e. The Morgan fingerprint density at radius 2 is 2.14 bits per heavy atom. The maximum Gasteiger partial charge on any atom is 0.220 e. The lowest BCUT2D eigenvalue weighted by Gasteiger charge is -2.20. The lowest BCUT2D eigenvalue weighted by molar-refractivity contribution is -0.121. The van der Waals surface area contributed by atoms with Crippen LogP contribution in [0.15, 0.2) is 11.6 Å². The highest BCUT2D eigenvalue weighted by molar-refractivity contribution is 7.99. The molecular weight excluding hydrogens is 218 g/mol. The maximum absolute atomic E-state index is 11.4. The highest BCUT2D eigenvalue weighted by Crippen LogP contribution is 2.24. The first-order chi connectivity index (χ1) is 6.68. The fourth-order valence-corrected chi connectivity index (χ4v) is 2.75. The van der Waals surface area contributed by atoms with Crippen LogP contribution in [-0.2, 0) is 4.79 Å². The molecule has 0 bridgehead atoms. The molecule has 0 spiro atoms. The Labute approximate surface area is 94.5 Å². The predicted octanol–water partition coefficient (Wildman–Crippen LogP) is 2.39. The largest absolute Gasteiger partial charge is 0.351 e. The van der Waals surface area contributed by atoms with Gasteiger partial charge in [0, 0.05) is 11.5 Å². The average molecular weight is 234 g/mol. The molecule has 14 heavy (non-hydrogen) atoms. The van der Waals surface area contributed by atoms with Gasteiger partial charge < -0.3 is 5.32 Å². The van der Waals surface area contributed by atoms with Crippen molar-refractivity contribution in [2.45, 2.75) is 19.3 Å². The Kier molecular flexibility index (Phi) is 5.41. The zero-order valence-corrected chi connectivity index (χ0v) is 9.79. The molecule has 2 nitrogen and oxygen atoms in total. The van der Waals surface area contributed by atoms with Gasteiger partial charge in [-0.2, -0.15) is 11.8 Å². The zero-order valence-electron chi connectivity index (χ0n) is 8.22. The quantitative estimate of drug-likeness (QED) is 0.808. The number of carbonyl (C=O) groups is 1. The summed E-state index contributed by atoms with van der Waals surface area (Å²) in [6.07, 6.45) is 2.98. The van der Waals surface area contributed by atoms with Crippen molar-refractivity contribution in [1.82, 2.24) is 5.32 Å². The van der Waals surface area contributed by atoms with E-state index in [1.54, 1.807) is 0 Å². The Bertz CT molecular complexity index is 214. The number of carbonyl (C=O) groups excluding carboxylic acids is 1. The van der Waals surface area contributed by atoms with Gasteiger partial charge in [-0.25, -0.2) is 0 Å². The summed E-state index contributed by atoms with van der Waals surface area (Å²) in [5.74, 6) is 3.06. The van der Waals surface area contributed by atoms with Crippen LogP contribution >= 0.6 is 23.4 Å². The highest BCUT2D eigenvalue weighted by Gasteiger charge is 2.16. The summed E-state index contributed by atoms with van der Waals surface area (Å²) in [4.78, 5) is 11.4. The molecule has 0 aliphatic carbocycles. The molecule has 1 saturated heterocycles. The van der Waals surface area contributed by atoms with Crippen molar-refractivity contribution in [1.29, 1.82) is 0 Å². The monoisotopic (exact) mass is 233 g/mol. The van der Waals surface area contributed by atoms with Crippen LogP contribution < -0.4 is 5.32 Å². The summed E-state index contributed by atoms with van der Waals surface area (Å²) in [6.45, 7) is 3.91. The maximum atomic E-state index is 11.4. The van der Waals surface area contributed by atoms with Crippen molar-refractivity contribution in [3.63, 3.8) is 0 Å². The van der Waals surface area contributed by atoms with Crippen LogP contribution in [0, 0.1) is 5.92 Å². The topological polar surface area (TPSA) is 29.1 Å². The van der Waals surface area contributed by atoms with Gasteiger partial charge in [0.15, 0.2) is 0 Å². The van der Waals surface area contributed by atoms with Gasteiger partial charge in [-0.3, -0.25) is 4.79 Å². The fraction of sp³-hybridized carbons (Fsp3) is 0.700. The number of halogens is 1.